The summed E-state index contributed by atoms with van der Waals surface area (Å²) >= 11 is 1.47. The number of carboxylic acid groups (broad SMARTS) is 1. The first kappa shape index (κ1) is 15.2. The number of carbonyl (C=O) groups is 2. The van der Waals surface area contributed by atoms with Crippen LogP contribution in [-0.4, -0.2) is 28.2 Å². The summed E-state index contributed by atoms with van der Waals surface area (Å²) in [5.41, 5.74) is 0.0772. The molecule has 0 aromatic carbocycles. The molecular weight excluding hydrogens is 292 g/mol. The van der Waals surface area contributed by atoms with Crippen LogP contribution < -0.4 is 5.32 Å². The number of nitrogens with zero attached hydrogens (tertiary/aromatic N) is 1. The number of aliphatic carboxylic acids is 1. The molecule has 0 bridgehead atoms. The lowest BCUT2D eigenvalue weighted by Gasteiger charge is -2.15. The molecule has 112 valence electrons. The Balaban J connectivity index is 2.07. The average molecular weight is 308 g/mol. The zero-order valence-corrected chi connectivity index (χ0v) is 12.5. The summed E-state index contributed by atoms with van der Waals surface area (Å²) in [5, 5.41) is 17.2. The number of nitrogens with one attached hydrogen (secondary N) is 1. The topological polar surface area (TPSA) is 92.4 Å². The number of carboxylic acids is 1. The quantitative estimate of drug-likeness (QED) is 0.855. The van der Waals surface area contributed by atoms with Crippen LogP contribution in [0.4, 0.5) is 0 Å². The Bertz CT molecular complexity index is 619. The fraction of sp³-hybridized carbons (Fsp3) is 0.357. The van der Waals surface area contributed by atoms with E-state index in [-0.39, 0.29) is 11.6 Å². The monoisotopic (exact) mass is 308 g/mol. The van der Waals surface area contributed by atoms with E-state index < -0.39 is 17.9 Å². The van der Waals surface area contributed by atoms with Crippen molar-refractivity contribution in [2.45, 2.75) is 26.3 Å². The van der Waals surface area contributed by atoms with Gasteiger partial charge in [-0.2, -0.15) is 0 Å². The van der Waals surface area contributed by atoms with Crippen LogP contribution in [0.25, 0.3) is 10.6 Å². The summed E-state index contributed by atoms with van der Waals surface area (Å²) in [6, 6.07) is 4.30. The fourth-order valence-electron chi connectivity index (χ4n) is 1.84. The predicted octanol–water partition coefficient (Wildman–Crippen LogP) is 2.63. The molecule has 21 heavy (non-hydrogen) atoms. The maximum absolute atomic E-state index is 12.0. The average Bonchev–Trinajstić information content (AvgIpc) is 3.08. The van der Waals surface area contributed by atoms with Gasteiger partial charge in [-0.15, -0.1) is 11.3 Å². The maximum atomic E-state index is 12.0. The molecule has 2 N–H and O–H groups in total. The van der Waals surface area contributed by atoms with Crippen molar-refractivity contribution in [3.63, 3.8) is 0 Å². The molecule has 0 aliphatic heterocycles. The van der Waals surface area contributed by atoms with E-state index in [0.717, 1.165) is 4.88 Å². The second-order valence-electron chi connectivity index (χ2n) is 5.05. The van der Waals surface area contributed by atoms with E-state index in [4.69, 9.17) is 9.63 Å². The van der Waals surface area contributed by atoms with Crippen LogP contribution in [0.1, 0.15) is 30.8 Å². The first-order chi connectivity index (χ1) is 9.97. The molecule has 1 atom stereocenters. The van der Waals surface area contributed by atoms with Crippen molar-refractivity contribution in [2.24, 2.45) is 5.92 Å². The first-order valence-electron chi connectivity index (χ1n) is 6.51. The summed E-state index contributed by atoms with van der Waals surface area (Å²) < 4.78 is 5.11. The van der Waals surface area contributed by atoms with Crippen molar-refractivity contribution in [2.75, 3.05) is 0 Å². The standard InChI is InChI=1S/C14H16N2O4S/c1-8(2)6-10(14(18)19)15-13(17)9-7-11(20-16-9)12-4-3-5-21-12/h3-5,7-8,10H,6H2,1-2H3,(H,15,17)(H,18,19). The van der Waals surface area contributed by atoms with Crippen molar-refractivity contribution in [3.8, 4) is 10.6 Å². The summed E-state index contributed by atoms with van der Waals surface area (Å²) in [4.78, 5) is 24.0. The molecule has 0 radical (unpaired) electrons. The van der Waals surface area contributed by atoms with E-state index in [1.165, 1.54) is 17.4 Å². The Morgan fingerprint density at radius 2 is 2.24 bits per heavy atom. The summed E-state index contributed by atoms with van der Waals surface area (Å²) in [6.07, 6.45) is 0.358. The van der Waals surface area contributed by atoms with Crippen LogP contribution in [0.3, 0.4) is 0 Å². The van der Waals surface area contributed by atoms with Crippen molar-refractivity contribution < 1.29 is 19.2 Å². The van der Waals surface area contributed by atoms with Gasteiger partial charge in [0.05, 0.1) is 4.88 Å². The van der Waals surface area contributed by atoms with Gasteiger partial charge < -0.3 is 14.9 Å². The van der Waals surface area contributed by atoms with Gasteiger partial charge in [0.2, 0.25) is 0 Å². The van der Waals surface area contributed by atoms with Crippen LogP contribution in [-0.2, 0) is 4.79 Å². The van der Waals surface area contributed by atoms with Crippen LogP contribution in [0.15, 0.2) is 28.1 Å². The molecule has 0 aliphatic carbocycles. The van der Waals surface area contributed by atoms with Gasteiger partial charge in [0, 0.05) is 6.07 Å². The fourth-order valence-corrected chi connectivity index (χ4v) is 2.52. The van der Waals surface area contributed by atoms with Crippen molar-refractivity contribution in [3.05, 3.63) is 29.3 Å². The normalized spacial score (nSPS) is 12.3. The van der Waals surface area contributed by atoms with Crippen LogP contribution >= 0.6 is 11.3 Å². The Morgan fingerprint density at radius 3 is 2.81 bits per heavy atom. The van der Waals surface area contributed by atoms with E-state index in [1.54, 1.807) is 0 Å². The highest BCUT2D eigenvalue weighted by Crippen LogP contribution is 2.25. The minimum atomic E-state index is -1.06. The van der Waals surface area contributed by atoms with Gasteiger partial charge in [0.1, 0.15) is 6.04 Å². The Labute approximate surface area is 125 Å². The summed E-state index contributed by atoms with van der Waals surface area (Å²) in [5.74, 6) is -0.954. The van der Waals surface area contributed by atoms with E-state index in [0.29, 0.717) is 12.2 Å². The van der Waals surface area contributed by atoms with Gasteiger partial charge in [-0.25, -0.2) is 4.79 Å². The number of hydrogen-bond donors (Lipinski definition) is 2. The number of hydrogen-bond acceptors (Lipinski definition) is 5. The third-order valence-corrected chi connectivity index (χ3v) is 3.70. The minimum absolute atomic E-state index is 0.0772. The molecule has 1 amide bonds. The molecule has 2 rings (SSSR count). The maximum Gasteiger partial charge on any atom is 0.326 e. The van der Waals surface area contributed by atoms with E-state index in [2.05, 4.69) is 10.5 Å². The van der Waals surface area contributed by atoms with Gasteiger partial charge >= 0.3 is 5.97 Å². The lowest BCUT2D eigenvalue weighted by Crippen LogP contribution is -2.41. The zero-order valence-electron chi connectivity index (χ0n) is 11.7. The molecule has 6 nitrogen and oxygen atoms in total. The number of aromatic nitrogens is 1. The summed E-state index contributed by atoms with van der Waals surface area (Å²) in [6.45, 7) is 3.79. The SMILES string of the molecule is CC(C)CC(NC(=O)c1cc(-c2cccs2)on1)C(=O)O. The highest BCUT2D eigenvalue weighted by atomic mass is 32.1. The van der Waals surface area contributed by atoms with Gasteiger partial charge in [-0.3, -0.25) is 4.79 Å². The number of amides is 1. The molecule has 2 aromatic heterocycles. The molecule has 0 fully saturated rings. The molecule has 2 heterocycles. The van der Waals surface area contributed by atoms with Crippen molar-refractivity contribution in [1.29, 1.82) is 0 Å². The zero-order chi connectivity index (χ0) is 15.4. The predicted molar refractivity (Wildman–Crippen MR) is 78.2 cm³/mol. The molecule has 0 spiro atoms. The molecule has 0 saturated heterocycles. The Hall–Kier alpha value is -2.15. The lowest BCUT2D eigenvalue weighted by atomic mass is 10.0. The van der Waals surface area contributed by atoms with Crippen LogP contribution in [0.5, 0.6) is 0 Å². The molecule has 0 saturated carbocycles. The third kappa shape index (κ3) is 3.91. The largest absolute Gasteiger partial charge is 0.480 e. The van der Waals surface area contributed by atoms with Gasteiger partial charge in [0.25, 0.3) is 5.91 Å². The van der Waals surface area contributed by atoms with Crippen molar-refractivity contribution >= 4 is 23.2 Å². The lowest BCUT2D eigenvalue weighted by molar-refractivity contribution is -0.139. The molecule has 0 aliphatic rings. The molecule has 7 heteroatoms. The van der Waals surface area contributed by atoms with Gasteiger partial charge in [-0.1, -0.05) is 25.1 Å². The first-order valence-corrected chi connectivity index (χ1v) is 7.39. The van der Waals surface area contributed by atoms with Gasteiger partial charge in [-0.05, 0) is 23.8 Å². The van der Waals surface area contributed by atoms with E-state index >= 15 is 0 Å². The highest BCUT2D eigenvalue weighted by Gasteiger charge is 2.23. The second kappa shape index (κ2) is 6.53. The smallest absolute Gasteiger partial charge is 0.326 e. The third-order valence-electron chi connectivity index (χ3n) is 2.82. The van der Waals surface area contributed by atoms with E-state index in [1.807, 2.05) is 31.4 Å². The number of carbonyl (C=O) groups excluding carboxylic acids is 1. The Kier molecular flexibility index (Phi) is 4.74. The van der Waals surface area contributed by atoms with Gasteiger partial charge in [0.15, 0.2) is 11.5 Å². The minimum Gasteiger partial charge on any atom is -0.480 e. The van der Waals surface area contributed by atoms with Crippen LogP contribution in [0.2, 0.25) is 0 Å². The highest BCUT2D eigenvalue weighted by molar-refractivity contribution is 7.13. The Morgan fingerprint density at radius 1 is 1.48 bits per heavy atom. The molecule has 2 aromatic rings. The van der Waals surface area contributed by atoms with Crippen molar-refractivity contribution in [1.82, 2.24) is 10.5 Å². The number of rotatable bonds is 6. The molecule has 1 unspecified atom stereocenters. The molecular formula is C14H16N2O4S. The van der Waals surface area contributed by atoms with Crippen LogP contribution in [0, 0.1) is 5.92 Å². The number of thiophene rings is 1. The summed E-state index contributed by atoms with van der Waals surface area (Å²) in [7, 11) is 0. The second-order valence-corrected chi connectivity index (χ2v) is 6.00. The van der Waals surface area contributed by atoms with E-state index in [9.17, 15) is 9.59 Å².